The molecule has 1 aromatic heterocycles. The van der Waals surface area contributed by atoms with Gasteiger partial charge in [-0.3, -0.25) is 14.4 Å². The fraction of sp³-hybridized carbons (Fsp3) is 0.519. The number of H-pyrrole nitrogens is 1. The highest BCUT2D eigenvalue weighted by Gasteiger charge is 2.30. The average Bonchev–Trinajstić information content (AvgIpc) is 3.45. The zero-order chi connectivity index (χ0) is 29.3. The first-order chi connectivity index (χ1) is 19.2. The predicted octanol–water partition coefficient (Wildman–Crippen LogP) is -0.681. The quantitative estimate of drug-likeness (QED) is 0.102. The molecule has 0 saturated heterocycles. The van der Waals surface area contributed by atoms with E-state index in [0.717, 1.165) is 5.56 Å². The standard InChI is InChI=1S/C27H42N8O5/c28-12-6-4-10-21(25(37)34-22(27(39)40)11-5-7-13-29)33-26(38)23(14-18-8-2-1-3-9-18)35-24(36)20(30)15-19-16-31-17-32-19/h1-3,8-9,16-17,20-23H,4-7,10-15,28-30H2,(H,31,32)(H,33,38)(H,34,37)(H,35,36)(H,39,40). The second-order valence-electron chi connectivity index (χ2n) is 9.67. The molecule has 13 heteroatoms. The molecule has 13 nitrogen and oxygen atoms in total. The number of carbonyl (C=O) groups is 4. The van der Waals surface area contributed by atoms with Gasteiger partial charge in [-0.15, -0.1) is 0 Å². The minimum absolute atomic E-state index is 0.156. The van der Waals surface area contributed by atoms with E-state index >= 15 is 0 Å². The van der Waals surface area contributed by atoms with Crippen LogP contribution >= 0.6 is 0 Å². The lowest BCUT2D eigenvalue weighted by molar-refractivity contribution is -0.142. The van der Waals surface area contributed by atoms with Gasteiger partial charge in [-0.1, -0.05) is 30.3 Å². The molecule has 4 atom stereocenters. The van der Waals surface area contributed by atoms with Crippen LogP contribution in [0.2, 0.25) is 0 Å². The van der Waals surface area contributed by atoms with E-state index in [1.807, 2.05) is 30.3 Å². The van der Waals surface area contributed by atoms with Gasteiger partial charge in [0.25, 0.3) is 0 Å². The zero-order valence-corrected chi connectivity index (χ0v) is 22.7. The first-order valence-electron chi connectivity index (χ1n) is 13.6. The van der Waals surface area contributed by atoms with E-state index < -0.39 is 47.9 Å². The second-order valence-corrected chi connectivity index (χ2v) is 9.67. The second kappa shape index (κ2) is 17.7. The van der Waals surface area contributed by atoms with Gasteiger partial charge in [-0.2, -0.15) is 0 Å². The Bertz CT molecular complexity index is 1050. The molecular weight excluding hydrogens is 516 g/mol. The molecule has 220 valence electrons. The van der Waals surface area contributed by atoms with Crippen LogP contribution in [0.15, 0.2) is 42.9 Å². The third kappa shape index (κ3) is 11.5. The summed E-state index contributed by atoms with van der Waals surface area (Å²) in [5.74, 6) is -2.92. The lowest BCUT2D eigenvalue weighted by atomic mass is 10.0. The van der Waals surface area contributed by atoms with E-state index in [-0.39, 0.29) is 25.7 Å². The normalized spacial score (nSPS) is 14.0. The number of imidazole rings is 1. The van der Waals surface area contributed by atoms with Crippen molar-refractivity contribution in [2.75, 3.05) is 13.1 Å². The first-order valence-corrected chi connectivity index (χ1v) is 13.6. The Balaban J connectivity index is 2.17. The number of unbranched alkanes of at least 4 members (excludes halogenated alkanes) is 2. The van der Waals surface area contributed by atoms with Crippen molar-refractivity contribution in [2.45, 2.75) is 75.5 Å². The lowest BCUT2D eigenvalue weighted by Crippen LogP contribution is -2.57. The van der Waals surface area contributed by atoms with E-state index in [2.05, 4.69) is 25.9 Å². The van der Waals surface area contributed by atoms with Crippen LogP contribution in [0.3, 0.4) is 0 Å². The van der Waals surface area contributed by atoms with Crippen molar-refractivity contribution in [3.63, 3.8) is 0 Å². The number of rotatable bonds is 19. The minimum atomic E-state index is -1.17. The van der Waals surface area contributed by atoms with Crippen LogP contribution in [0.1, 0.15) is 49.8 Å². The molecule has 0 aliphatic heterocycles. The fourth-order valence-electron chi connectivity index (χ4n) is 4.12. The van der Waals surface area contributed by atoms with Crippen LogP contribution in [0, 0.1) is 0 Å². The van der Waals surface area contributed by atoms with Crippen molar-refractivity contribution in [1.29, 1.82) is 0 Å². The Morgan fingerprint density at radius 3 is 1.95 bits per heavy atom. The van der Waals surface area contributed by atoms with Crippen molar-refractivity contribution in [3.05, 3.63) is 54.1 Å². The molecular formula is C27H42N8O5. The molecule has 40 heavy (non-hydrogen) atoms. The van der Waals surface area contributed by atoms with Crippen molar-refractivity contribution in [3.8, 4) is 0 Å². The van der Waals surface area contributed by atoms with E-state index in [9.17, 15) is 24.3 Å². The van der Waals surface area contributed by atoms with Gasteiger partial charge >= 0.3 is 5.97 Å². The SMILES string of the molecule is NCCCCC(NC(=O)C(CCCCN)NC(=O)C(Cc1ccccc1)NC(=O)C(N)Cc1cnc[nH]1)C(=O)O. The van der Waals surface area contributed by atoms with Crippen LogP contribution in [-0.4, -0.2) is 76.0 Å². The van der Waals surface area contributed by atoms with Crippen molar-refractivity contribution < 1.29 is 24.3 Å². The molecule has 11 N–H and O–H groups in total. The van der Waals surface area contributed by atoms with E-state index in [1.165, 1.54) is 6.33 Å². The molecule has 0 aliphatic rings. The van der Waals surface area contributed by atoms with Crippen LogP contribution in [0.5, 0.6) is 0 Å². The molecule has 0 fully saturated rings. The molecule has 1 heterocycles. The maximum Gasteiger partial charge on any atom is 0.326 e. The Morgan fingerprint density at radius 1 is 0.800 bits per heavy atom. The third-order valence-electron chi connectivity index (χ3n) is 6.39. The van der Waals surface area contributed by atoms with Gasteiger partial charge in [-0.25, -0.2) is 9.78 Å². The molecule has 3 amide bonds. The third-order valence-corrected chi connectivity index (χ3v) is 6.39. The molecule has 0 spiro atoms. The predicted molar refractivity (Wildman–Crippen MR) is 150 cm³/mol. The molecule has 0 bridgehead atoms. The molecule has 2 rings (SSSR count). The Hall–Kier alpha value is -3.81. The largest absolute Gasteiger partial charge is 0.480 e. The van der Waals surface area contributed by atoms with E-state index in [1.54, 1.807) is 6.20 Å². The lowest BCUT2D eigenvalue weighted by Gasteiger charge is -2.25. The molecule has 0 saturated carbocycles. The number of benzene rings is 1. The summed E-state index contributed by atoms with van der Waals surface area (Å²) in [7, 11) is 0. The maximum atomic E-state index is 13.5. The Morgan fingerprint density at radius 2 is 1.38 bits per heavy atom. The van der Waals surface area contributed by atoms with Crippen molar-refractivity contribution >= 4 is 23.7 Å². The summed E-state index contributed by atoms with van der Waals surface area (Å²) in [6.45, 7) is 0.818. The number of carboxylic acids is 1. The Kier molecular flexibility index (Phi) is 14.3. The highest BCUT2D eigenvalue weighted by Crippen LogP contribution is 2.09. The number of hydrogen-bond acceptors (Lipinski definition) is 8. The number of nitrogens with zero attached hydrogens (tertiary/aromatic N) is 1. The number of amides is 3. The summed E-state index contributed by atoms with van der Waals surface area (Å²) in [6.07, 6.45) is 6.15. The number of nitrogens with two attached hydrogens (primary N) is 3. The van der Waals surface area contributed by atoms with Crippen LogP contribution in [-0.2, 0) is 32.0 Å². The Labute approximate surface area is 234 Å². The van der Waals surface area contributed by atoms with Crippen molar-refractivity contribution in [1.82, 2.24) is 25.9 Å². The summed E-state index contributed by atoms with van der Waals surface area (Å²) in [5.41, 5.74) is 18.6. The number of aromatic nitrogens is 2. The van der Waals surface area contributed by atoms with Crippen LogP contribution < -0.4 is 33.2 Å². The number of aromatic amines is 1. The average molecular weight is 559 g/mol. The number of nitrogens with one attached hydrogen (secondary N) is 4. The number of carboxylic acid groups (broad SMARTS) is 1. The van der Waals surface area contributed by atoms with Gasteiger partial charge in [0.1, 0.15) is 18.1 Å². The van der Waals surface area contributed by atoms with Gasteiger partial charge < -0.3 is 43.2 Å². The summed E-state index contributed by atoms with van der Waals surface area (Å²) in [4.78, 5) is 58.1. The first kappa shape index (κ1) is 32.4. The zero-order valence-electron chi connectivity index (χ0n) is 22.7. The molecule has 0 aliphatic carbocycles. The molecule has 2 aromatic rings. The molecule has 4 unspecified atom stereocenters. The van der Waals surface area contributed by atoms with Gasteiger partial charge in [0, 0.05) is 24.7 Å². The topological polar surface area (TPSA) is 231 Å². The number of hydrogen-bond donors (Lipinski definition) is 8. The maximum absolute atomic E-state index is 13.5. The van der Waals surface area contributed by atoms with Crippen LogP contribution in [0.4, 0.5) is 0 Å². The van der Waals surface area contributed by atoms with E-state index in [4.69, 9.17) is 17.2 Å². The molecule has 0 radical (unpaired) electrons. The smallest absolute Gasteiger partial charge is 0.326 e. The fourth-order valence-corrected chi connectivity index (χ4v) is 4.12. The summed E-state index contributed by atoms with van der Waals surface area (Å²) in [6, 6.07) is 4.99. The minimum Gasteiger partial charge on any atom is -0.480 e. The van der Waals surface area contributed by atoms with Crippen molar-refractivity contribution in [2.24, 2.45) is 17.2 Å². The van der Waals surface area contributed by atoms with E-state index in [0.29, 0.717) is 44.5 Å². The van der Waals surface area contributed by atoms with Crippen LogP contribution in [0.25, 0.3) is 0 Å². The summed E-state index contributed by atoms with van der Waals surface area (Å²) < 4.78 is 0. The van der Waals surface area contributed by atoms with Gasteiger partial charge in [-0.05, 0) is 57.2 Å². The highest BCUT2D eigenvalue weighted by atomic mass is 16.4. The number of carbonyl (C=O) groups excluding carboxylic acids is 3. The molecule has 1 aromatic carbocycles. The van der Waals surface area contributed by atoms with Gasteiger partial charge in [0.15, 0.2) is 0 Å². The summed E-state index contributed by atoms with van der Waals surface area (Å²) >= 11 is 0. The highest BCUT2D eigenvalue weighted by molar-refractivity contribution is 5.94. The van der Waals surface area contributed by atoms with Gasteiger partial charge in [0.05, 0.1) is 12.4 Å². The monoisotopic (exact) mass is 558 g/mol. The summed E-state index contributed by atoms with van der Waals surface area (Å²) in [5, 5.41) is 17.6. The number of aliphatic carboxylic acids is 1. The van der Waals surface area contributed by atoms with Gasteiger partial charge in [0.2, 0.25) is 17.7 Å².